The van der Waals surface area contributed by atoms with Gasteiger partial charge in [0.25, 0.3) is 0 Å². The number of anilines is 3. The van der Waals surface area contributed by atoms with Crippen molar-refractivity contribution in [2.24, 2.45) is 0 Å². The number of rotatable bonds is 8. The molecule has 0 N–H and O–H groups in total. The molecule has 11 aromatic carbocycles. The predicted octanol–water partition coefficient (Wildman–Crippen LogP) is 17.2. The first-order valence-corrected chi connectivity index (χ1v) is 22.0. The molecule has 0 saturated carbocycles. The Balaban J connectivity index is 1.03. The van der Waals surface area contributed by atoms with Gasteiger partial charge >= 0.3 is 0 Å². The molecule has 0 spiro atoms. The lowest BCUT2D eigenvalue weighted by molar-refractivity contribution is 1.18. The molecule has 0 saturated heterocycles. The summed E-state index contributed by atoms with van der Waals surface area (Å²) in [6.07, 6.45) is 0. The van der Waals surface area contributed by atoms with Gasteiger partial charge in [-0.25, -0.2) is 0 Å². The second kappa shape index (κ2) is 15.8. The zero-order valence-electron chi connectivity index (χ0n) is 35.1. The van der Waals surface area contributed by atoms with Crippen LogP contribution in [-0.4, -0.2) is 4.57 Å². The fraction of sp³-hybridized carbons (Fsp3) is 0. The van der Waals surface area contributed by atoms with Gasteiger partial charge in [-0.05, 0) is 121 Å². The molecule has 0 aliphatic heterocycles. The molecular formula is C62H42N2. The summed E-state index contributed by atoms with van der Waals surface area (Å²) >= 11 is 0. The Morgan fingerprint density at radius 2 is 0.766 bits per heavy atom. The third kappa shape index (κ3) is 6.44. The smallest absolute Gasteiger partial charge is 0.0546 e. The molecule has 2 nitrogen and oxygen atoms in total. The number of aromatic nitrogens is 1. The van der Waals surface area contributed by atoms with Gasteiger partial charge in [0.15, 0.2) is 0 Å². The van der Waals surface area contributed by atoms with Crippen molar-refractivity contribution < 1.29 is 0 Å². The molecule has 1 heterocycles. The van der Waals surface area contributed by atoms with Gasteiger partial charge in [0, 0.05) is 33.4 Å². The van der Waals surface area contributed by atoms with Crippen LogP contribution in [0.25, 0.3) is 93.5 Å². The van der Waals surface area contributed by atoms with E-state index in [-0.39, 0.29) is 0 Å². The summed E-state index contributed by atoms with van der Waals surface area (Å²) in [5, 5.41) is 7.52. The van der Waals surface area contributed by atoms with E-state index in [4.69, 9.17) is 0 Å². The summed E-state index contributed by atoms with van der Waals surface area (Å²) in [5.41, 5.74) is 16.3. The lowest BCUT2D eigenvalue weighted by atomic mass is 9.92. The fourth-order valence-corrected chi connectivity index (χ4v) is 9.83. The van der Waals surface area contributed by atoms with Crippen molar-refractivity contribution in [2.75, 3.05) is 4.90 Å². The number of hydrogen-bond donors (Lipinski definition) is 0. The highest BCUT2D eigenvalue weighted by Crippen LogP contribution is 2.44. The molecule has 12 aromatic rings. The Kier molecular flexibility index (Phi) is 9.20. The van der Waals surface area contributed by atoms with Gasteiger partial charge in [-0.3, -0.25) is 0 Å². The standard InChI is InChI=1S/C62H42N2/c1-3-17-43(18-4-1)44-33-37-49(38-34-44)63(51-23-15-22-47(41-51)58-42-48-21-7-8-24-52(48)54-25-9-10-26-55(54)58)50-39-35-46(36-40-50)62-53(45-19-5-2-6-20-45)29-16-32-61(62)64-59-30-13-11-27-56(59)57-28-12-14-31-60(57)64/h1-42H. The van der Waals surface area contributed by atoms with Crippen LogP contribution >= 0.6 is 0 Å². The van der Waals surface area contributed by atoms with E-state index in [1.807, 2.05) is 0 Å². The van der Waals surface area contributed by atoms with Crippen molar-refractivity contribution in [3.05, 3.63) is 255 Å². The largest absolute Gasteiger partial charge is 0.310 e. The number of hydrogen-bond acceptors (Lipinski definition) is 1. The molecule has 1 aromatic heterocycles. The van der Waals surface area contributed by atoms with E-state index in [9.17, 15) is 0 Å². The topological polar surface area (TPSA) is 8.17 Å². The van der Waals surface area contributed by atoms with E-state index in [0.29, 0.717) is 0 Å². The number of nitrogens with zero attached hydrogens (tertiary/aromatic N) is 2. The summed E-state index contributed by atoms with van der Waals surface area (Å²) in [6, 6.07) is 92.7. The average Bonchev–Trinajstić information content (AvgIpc) is 3.71. The molecule has 0 unspecified atom stereocenters. The average molecular weight is 815 g/mol. The van der Waals surface area contributed by atoms with Crippen LogP contribution in [0.2, 0.25) is 0 Å². The molecular weight excluding hydrogens is 773 g/mol. The Labute approximate surface area is 373 Å². The third-order valence-electron chi connectivity index (χ3n) is 12.8. The first-order valence-electron chi connectivity index (χ1n) is 22.0. The van der Waals surface area contributed by atoms with Gasteiger partial charge in [-0.2, -0.15) is 0 Å². The monoisotopic (exact) mass is 814 g/mol. The molecule has 300 valence electrons. The molecule has 0 fully saturated rings. The second-order valence-corrected chi connectivity index (χ2v) is 16.5. The molecule has 12 rings (SSSR count). The van der Waals surface area contributed by atoms with E-state index in [1.54, 1.807) is 0 Å². The summed E-state index contributed by atoms with van der Waals surface area (Å²) in [5.74, 6) is 0. The maximum Gasteiger partial charge on any atom is 0.0546 e. The van der Waals surface area contributed by atoms with Crippen LogP contribution in [0, 0.1) is 0 Å². The Hall–Kier alpha value is -8.46. The van der Waals surface area contributed by atoms with Crippen LogP contribution in [0.3, 0.4) is 0 Å². The van der Waals surface area contributed by atoms with Gasteiger partial charge in [-0.1, -0.05) is 194 Å². The maximum absolute atomic E-state index is 2.45. The van der Waals surface area contributed by atoms with Crippen LogP contribution in [0.5, 0.6) is 0 Å². The zero-order valence-corrected chi connectivity index (χ0v) is 35.1. The molecule has 0 aliphatic carbocycles. The second-order valence-electron chi connectivity index (χ2n) is 16.5. The maximum atomic E-state index is 2.45. The van der Waals surface area contributed by atoms with E-state index >= 15 is 0 Å². The minimum absolute atomic E-state index is 1.08. The number of benzene rings is 11. The van der Waals surface area contributed by atoms with Crippen molar-refractivity contribution >= 4 is 60.4 Å². The highest BCUT2D eigenvalue weighted by Gasteiger charge is 2.21. The third-order valence-corrected chi connectivity index (χ3v) is 12.8. The van der Waals surface area contributed by atoms with Crippen LogP contribution in [0.1, 0.15) is 0 Å². The van der Waals surface area contributed by atoms with Gasteiger partial charge in [0.1, 0.15) is 0 Å². The quantitative estimate of drug-likeness (QED) is 0.139. The van der Waals surface area contributed by atoms with Gasteiger partial charge in [0.2, 0.25) is 0 Å². The Morgan fingerprint density at radius 1 is 0.266 bits per heavy atom. The minimum Gasteiger partial charge on any atom is -0.310 e. The highest BCUT2D eigenvalue weighted by atomic mass is 15.1. The summed E-state index contributed by atoms with van der Waals surface area (Å²) in [7, 11) is 0. The van der Waals surface area contributed by atoms with Gasteiger partial charge < -0.3 is 9.47 Å². The van der Waals surface area contributed by atoms with Gasteiger partial charge in [0.05, 0.1) is 16.7 Å². The SMILES string of the molecule is c1ccc(-c2ccc(N(c3ccc(-c4c(-c5ccccc5)cccc4-n4c5ccccc5c5ccccc54)cc3)c3cccc(-c4cc5ccccc5c5ccccc45)c3)cc2)cc1. The normalized spacial score (nSPS) is 11.4. The summed E-state index contributed by atoms with van der Waals surface area (Å²) in [4.78, 5) is 2.39. The molecule has 2 heteroatoms. The zero-order chi connectivity index (χ0) is 42.4. The minimum atomic E-state index is 1.08. The Bertz CT molecular complexity index is 3590. The van der Waals surface area contributed by atoms with E-state index in [0.717, 1.165) is 28.3 Å². The van der Waals surface area contributed by atoms with E-state index in [1.165, 1.54) is 82.3 Å². The van der Waals surface area contributed by atoms with Crippen LogP contribution < -0.4 is 4.90 Å². The summed E-state index contributed by atoms with van der Waals surface area (Å²) < 4.78 is 2.45. The van der Waals surface area contributed by atoms with E-state index < -0.39 is 0 Å². The first kappa shape index (κ1) is 37.3. The van der Waals surface area contributed by atoms with E-state index in [2.05, 4.69) is 264 Å². The molecule has 64 heavy (non-hydrogen) atoms. The first-order chi connectivity index (χ1) is 31.8. The Morgan fingerprint density at radius 3 is 1.44 bits per heavy atom. The van der Waals surface area contributed by atoms with Crippen molar-refractivity contribution in [1.29, 1.82) is 0 Å². The van der Waals surface area contributed by atoms with Crippen LogP contribution in [0.15, 0.2) is 255 Å². The van der Waals surface area contributed by atoms with Crippen molar-refractivity contribution in [2.45, 2.75) is 0 Å². The van der Waals surface area contributed by atoms with Crippen molar-refractivity contribution in [1.82, 2.24) is 4.57 Å². The van der Waals surface area contributed by atoms with Crippen LogP contribution in [0.4, 0.5) is 17.1 Å². The molecule has 0 aliphatic rings. The lowest BCUT2D eigenvalue weighted by Gasteiger charge is -2.27. The van der Waals surface area contributed by atoms with Crippen molar-refractivity contribution in [3.63, 3.8) is 0 Å². The lowest BCUT2D eigenvalue weighted by Crippen LogP contribution is -2.10. The predicted molar refractivity (Wildman–Crippen MR) is 272 cm³/mol. The fourth-order valence-electron chi connectivity index (χ4n) is 9.83. The van der Waals surface area contributed by atoms with Crippen LogP contribution in [-0.2, 0) is 0 Å². The molecule has 0 radical (unpaired) electrons. The molecule has 0 atom stereocenters. The van der Waals surface area contributed by atoms with Crippen molar-refractivity contribution in [3.8, 4) is 50.2 Å². The number of fused-ring (bicyclic) bond motifs is 6. The summed E-state index contributed by atoms with van der Waals surface area (Å²) in [6.45, 7) is 0. The number of para-hydroxylation sites is 2. The molecule has 0 amide bonds. The highest BCUT2D eigenvalue weighted by molar-refractivity contribution is 6.14. The van der Waals surface area contributed by atoms with Gasteiger partial charge in [-0.15, -0.1) is 0 Å². The molecule has 0 bridgehead atoms.